The van der Waals surface area contributed by atoms with E-state index in [1.807, 2.05) is 24.3 Å². The van der Waals surface area contributed by atoms with Gasteiger partial charge in [-0.2, -0.15) is 0 Å². The molecule has 2 amide bonds. The lowest BCUT2D eigenvalue weighted by Crippen LogP contribution is -2.51. The molecule has 0 radical (unpaired) electrons. The first-order valence-electron chi connectivity index (χ1n) is 11.6. The predicted octanol–water partition coefficient (Wildman–Crippen LogP) is 3.43. The molecule has 3 saturated carbocycles. The van der Waals surface area contributed by atoms with E-state index in [0.29, 0.717) is 32.1 Å². The van der Waals surface area contributed by atoms with Crippen molar-refractivity contribution in [3.63, 3.8) is 0 Å². The van der Waals surface area contributed by atoms with Crippen LogP contribution in [0.2, 0.25) is 0 Å². The van der Waals surface area contributed by atoms with Crippen molar-refractivity contribution < 1.29 is 24.2 Å². The summed E-state index contributed by atoms with van der Waals surface area (Å²) in [5.74, 6) is -0.875. The molecular weight excluding hydrogens is 420 g/mol. The van der Waals surface area contributed by atoms with Crippen LogP contribution in [-0.2, 0) is 14.3 Å². The van der Waals surface area contributed by atoms with Crippen LogP contribution >= 0.6 is 0 Å². The third kappa shape index (κ3) is 3.21. The molecular formula is C26H26N2O5. The van der Waals surface area contributed by atoms with Crippen LogP contribution in [0, 0.1) is 11.3 Å². The zero-order valence-corrected chi connectivity index (χ0v) is 18.2. The van der Waals surface area contributed by atoms with Crippen LogP contribution in [0.15, 0.2) is 48.5 Å². The van der Waals surface area contributed by atoms with Crippen molar-refractivity contribution in [2.24, 2.45) is 11.3 Å². The van der Waals surface area contributed by atoms with Crippen molar-refractivity contribution in [2.45, 2.75) is 49.6 Å². The van der Waals surface area contributed by atoms with Gasteiger partial charge in [-0.25, -0.2) is 4.79 Å². The maximum Gasteiger partial charge on any atom is 0.408 e. The van der Waals surface area contributed by atoms with E-state index >= 15 is 0 Å². The van der Waals surface area contributed by atoms with E-state index in [-0.39, 0.29) is 30.4 Å². The maximum absolute atomic E-state index is 12.9. The largest absolute Gasteiger partial charge is 0.481 e. The molecule has 7 heteroatoms. The molecule has 0 saturated heterocycles. The first-order chi connectivity index (χ1) is 15.9. The minimum Gasteiger partial charge on any atom is -0.481 e. The van der Waals surface area contributed by atoms with Crippen LogP contribution in [0.3, 0.4) is 0 Å². The molecule has 0 aromatic heterocycles. The van der Waals surface area contributed by atoms with E-state index < -0.39 is 23.0 Å². The van der Waals surface area contributed by atoms with Crippen molar-refractivity contribution in [3.05, 3.63) is 59.7 Å². The molecule has 170 valence electrons. The summed E-state index contributed by atoms with van der Waals surface area (Å²) >= 11 is 0. The van der Waals surface area contributed by atoms with Crippen LogP contribution in [0.5, 0.6) is 0 Å². The highest BCUT2D eigenvalue weighted by atomic mass is 16.5. The van der Waals surface area contributed by atoms with E-state index in [9.17, 15) is 19.5 Å². The van der Waals surface area contributed by atoms with Gasteiger partial charge in [0.05, 0.1) is 5.41 Å². The second-order valence-corrected chi connectivity index (χ2v) is 10.0. The molecule has 4 aliphatic carbocycles. The van der Waals surface area contributed by atoms with E-state index in [1.165, 1.54) is 0 Å². The molecule has 0 spiro atoms. The summed E-state index contributed by atoms with van der Waals surface area (Å²) in [4.78, 5) is 37.0. The van der Waals surface area contributed by atoms with Crippen LogP contribution in [-0.4, -0.2) is 41.3 Å². The van der Waals surface area contributed by atoms with Gasteiger partial charge in [0.2, 0.25) is 5.91 Å². The van der Waals surface area contributed by atoms with E-state index in [4.69, 9.17) is 4.74 Å². The average molecular weight is 447 g/mol. The third-order valence-corrected chi connectivity index (χ3v) is 8.04. The van der Waals surface area contributed by atoms with Crippen molar-refractivity contribution >= 4 is 18.0 Å². The number of carboxylic acid groups (broad SMARTS) is 1. The number of rotatable bonds is 6. The smallest absolute Gasteiger partial charge is 0.408 e. The number of carboxylic acids is 1. The van der Waals surface area contributed by atoms with E-state index in [2.05, 4.69) is 34.9 Å². The first kappa shape index (κ1) is 20.3. The highest BCUT2D eigenvalue weighted by molar-refractivity contribution is 5.93. The van der Waals surface area contributed by atoms with Crippen LogP contribution in [0.1, 0.15) is 49.1 Å². The van der Waals surface area contributed by atoms with Gasteiger partial charge in [-0.05, 0) is 60.3 Å². The van der Waals surface area contributed by atoms with Gasteiger partial charge in [0.15, 0.2) is 0 Å². The second kappa shape index (κ2) is 7.07. The van der Waals surface area contributed by atoms with Gasteiger partial charge < -0.3 is 20.5 Å². The van der Waals surface area contributed by atoms with Crippen LogP contribution < -0.4 is 10.6 Å². The number of ether oxygens (including phenoxy) is 1. The maximum atomic E-state index is 12.9. The molecule has 3 N–H and O–H groups in total. The van der Waals surface area contributed by atoms with Gasteiger partial charge in [0, 0.05) is 12.0 Å². The minimum absolute atomic E-state index is 0.0375. The zero-order valence-electron chi connectivity index (χ0n) is 18.2. The molecule has 0 aliphatic heterocycles. The van der Waals surface area contributed by atoms with Gasteiger partial charge in [-0.3, -0.25) is 9.59 Å². The molecule has 4 aliphatic rings. The van der Waals surface area contributed by atoms with E-state index in [1.54, 1.807) is 0 Å². The molecule has 3 atom stereocenters. The Balaban J connectivity index is 1.07. The summed E-state index contributed by atoms with van der Waals surface area (Å²) in [6.07, 6.45) is 2.39. The number of hydrogen-bond acceptors (Lipinski definition) is 4. The lowest BCUT2D eigenvalue weighted by molar-refractivity contribution is -0.143. The summed E-state index contributed by atoms with van der Waals surface area (Å²) in [5, 5.41) is 15.2. The molecule has 0 bridgehead atoms. The van der Waals surface area contributed by atoms with Gasteiger partial charge in [-0.1, -0.05) is 48.5 Å². The van der Waals surface area contributed by atoms with Crippen molar-refractivity contribution in [1.82, 2.24) is 10.6 Å². The van der Waals surface area contributed by atoms with Crippen LogP contribution in [0.4, 0.5) is 4.79 Å². The summed E-state index contributed by atoms with van der Waals surface area (Å²) < 4.78 is 5.60. The van der Waals surface area contributed by atoms with E-state index in [0.717, 1.165) is 22.3 Å². The number of fused-ring (bicyclic) bond motifs is 4. The Hall–Kier alpha value is -3.35. The lowest BCUT2D eigenvalue weighted by Gasteiger charge is -2.22. The molecule has 0 heterocycles. The van der Waals surface area contributed by atoms with Crippen molar-refractivity contribution in [1.29, 1.82) is 0 Å². The molecule has 2 aromatic carbocycles. The topological polar surface area (TPSA) is 105 Å². The standard InChI is InChI=1S/C26H26N2O5/c29-22(27-16-11-15-12-25(15,13-16)23(30)31)26(9-10-26)28-24(32)33-14-21-19-7-3-1-5-17(19)18-6-2-4-8-20(18)21/h1-8,15-16,21H,9-14H2,(H,27,29)(H,28,32)(H,30,31)/t15-,16+,25+/m1/s1. The van der Waals surface area contributed by atoms with Crippen LogP contribution in [0.25, 0.3) is 11.1 Å². The van der Waals surface area contributed by atoms with Crippen molar-refractivity contribution in [2.75, 3.05) is 6.61 Å². The lowest BCUT2D eigenvalue weighted by atomic mass is 9.98. The van der Waals surface area contributed by atoms with Gasteiger partial charge in [0.25, 0.3) is 0 Å². The van der Waals surface area contributed by atoms with Gasteiger partial charge >= 0.3 is 12.1 Å². The summed E-state index contributed by atoms with van der Waals surface area (Å²) in [6.45, 7) is 0.197. The minimum atomic E-state index is -0.939. The third-order valence-electron chi connectivity index (χ3n) is 8.04. The molecule has 6 rings (SSSR count). The summed E-state index contributed by atoms with van der Waals surface area (Å²) in [6, 6.07) is 16.1. The highest BCUT2D eigenvalue weighted by Crippen LogP contribution is 2.63. The number of carbonyl (C=O) groups is 3. The number of alkyl carbamates (subject to hydrolysis) is 1. The highest BCUT2D eigenvalue weighted by Gasteiger charge is 2.66. The number of hydrogen-bond donors (Lipinski definition) is 3. The number of amides is 2. The molecule has 2 aromatic rings. The predicted molar refractivity (Wildman–Crippen MR) is 120 cm³/mol. The fourth-order valence-corrected chi connectivity index (χ4v) is 5.95. The number of carbonyl (C=O) groups excluding carboxylic acids is 2. The quantitative estimate of drug-likeness (QED) is 0.631. The number of benzene rings is 2. The summed E-state index contributed by atoms with van der Waals surface area (Å²) in [7, 11) is 0. The molecule has 7 nitrogen and oxygen atoms in total. The Morgan fingerprint density at radius 3 is 2.18 bits per heavy atom. The fraction of sp³-hybridized carbons (Fsp3) is 0.423. The Bertz CT molecular complexity index is 1130. The SMILES string of the molecule is O=C(NC1(C(=O)N[C@H]2C[C@@H]3C[C@]3(C(=O)O)C2)CC1)OCC1c2ccccc2-c2ccccc21. The normalized spacial score (nSPS) is 27.6. The number of nitrogens with one attached hydrogen (secondary N) is 2. The molecule has 3 fully saturated rings. The Labute approximate surface area is 191 Å². The van der Waals surface area contributed by atoms with Gasteiger partial charge in [0.1, 0.15) is 12.1 Å². The Morgan fingerprint density at radius 1 is 0.970 bits per heavy atom. The number of aliphatic carboxylic acids is 1. The average Bonchev–Trinajstić information content (AvgIpc) is 3.67. The summed E-state index contributed by atoms with van der Waals surface area (Å²) in [5.41, 5.74) is 3.01. The molecule has 0 unspecified atom stereocenters. The van der Waals surface area contributed by atoms with Gasteiger partial charge in [-0.15, -0.1) is 0 Å². The monoisotopic (exact) mass is 446 g/mol. The fourth-order valence-electron chi connectivity index (χ4n) is 5.95. The van der Waals surface area contributed by atoms with Crippen molar-refractivity contribution in [3.8, 4) is 11.1 Å². The zero-order chi connectivity index (χ0) is 22.8. The molecule has 33 heavy (non-hydrogen) atoms. The Kier molecular flexibility index (Phi) is 4.34. The second-order valence-electron chi connectivity index (χ2n) is 10.0. The first-order valence-corrected chi connectivity index (χ1v) is 11.6. The Morgan fingerprint density at radius 2 is 1.61 bits per heavy atom.